The summed E-state index contributed by atoms with van der Waals surface area (Å²) in [6, 6.07) is 7.60. The van der Waals surface area contributed by atoms with Gasteiger partial charge in [-0.3, -0.25) is 0 Å². The van der Waals surface area contributed by atoms with Crippen molar-refractivity contribution in [2.45, 2.75) is 13.0 Å². The molecule has 0 aliphatic carbocycles. The predicted octanol–water partition coefficient (Wildman–Crippen LogP) is 2.34. The third-order valence-corrected chi connectivity index (χ3v) is 2.30. The molecule has 0 spiro atoms. The summed E-state index contributed by atoms with van der Waals surface area (Å²) in [5, 5.41) is 8.64. The first-order valence-electron chi connectivity index (χ1n) is 3.60. The van der Waals surface area contributed by atoms with Crippen molar-refractivity contribution >= 4 is 15.9 Å². The highest BCUT2D eigenvalue weighted by Gasteiger charge is 2.02. The topological polar surface area (TPSA) is 49.8 Å². The van der Waals surface area contributed by atoms with Gasteiger partial charge in [0.2, 0.25) is 0 Å². The molecule has 1 rings (SSSR count). The molecule has 0 aliphatic rings. The van der Waals surface area contributed by atoms with E-state index in [1.807, 2.05) is 19.1 Å². The number of nitriles is 1. The van der Waals surface area contributed by atoms with Gasteiger partial charge in [0, 0.05) is 10.5 Å². The highest BCUT2D eigenvalue weighted by molar-refractivity contribution is 9.10. The summed E-state index contributed by atoms with van der Waals surface area (Å²) in [6.07, 6.45) is 0. The van der Waals surface area contributed by atoms with E-state index < -0.39 is 0 Å². The fourth-order valence-corrected chi connectivity index (χ4v) is 1.39. The largest absolute Gasteiger partial charge is 0.324 e. The monoisotopic (exact) mass is 224 g/mol. The minimum Gasteiger partial charge on any atom is -0.324 e. The molecule has 0 aromatic heterocycles. The number of benzene rings is 1. The summed E-state index contributed by atoms with van der Waals surface area (Å²) in [6.45, 7) is 1.91. The van der Waals surface area contributed by atoms with Crippen molar-refractivity contribution in [3.05, 3.63) is 33.8 Å². The van der Waals surface area contributed by atoms with Gasteiger partial charge in [0.1, 0.15) is 6.07 Å². The first-order chi connectivity index (χ1) is 5.65. The maximum atomic E-state index is 8.64. The average molecular weight is 225 g/mol. The van der Waals surface area contributed by atoms with Crippen molar-refractivity contribution in [1.82, 2.24) is 0 Å². The zero-order valence-corrected chi connectivity index (χ0v) is 8.30. The van der Waals surface area contributed by atoms with E-state index in [0.717, 1.165) is 10.0 Å². The van der Waals surface area contributed by atoms with Crippen LogP contribution in [0.1, 0.15) is 24.1 Å². The number of nitrogens with zero attached hydrogens (tertiary/aromatic N) is 1. The molecule has 0 radical (unpaired) electrons. The molecule has 2 N–H and O–H groups in total. The molecule has 1 aromatic carbocycles. The Labute approximate surface area is 80.1 Å². The molecule has 0 bridgehead atoms. The maximum Gasteiger partial charge on any atom is 0.100 e. The molecule has 3 heteroatoms. The summed E-state index contributed by atoms with van der Waals surface area (Å²) in [7, 11) is 0. The van der Waals surface area contributed by atoms with Gasteiger partial charge in [-0.15, -0.1) is 0 Å². The van der Waals surface area contributed by atoms with Gasteiger partial charge < -0.3 is 5.73 Å². The molecule has 2 nitrogen and oxygen atoms in total. The van der Waals surface area contributed by atoms with Gasteiger partial charge in [-0.25, -0.2) is 0 Å². The van der Waals surface area contributed by atoms with Crippen molar-refractivity contribution < 1.29 is 0 Å². The Balaban J connectivity index is 3.12. The molecule has 1 aromatic rings. The second-order valence-corrected chi connectivity index (χ2v) is 3.49. The van der Waals surface area contributed by atoms with Crippen LogP contribution in [0.15, 0.2) is 22.7 Å². The Morgan fingerprint density at radius 2 is 2.25 bits per heavy atom. The molecule has 12 heavy (non-hydrogen) atoms. The number of nitrogens with two attached hydrogens (primary N) is 1. The van der Waals surface area contributed by atoms with Gasteiger partial charge in [0.25, 0.3) is 0 Å². The van der Waals surface area contributed by atoms with E-state index in [9.17, 15) is 0 Å². The summed E-state index contributed by atoms with van der Waals surface area (Å²) in [5.41, 5.74) is 7.34. The minimum absolute atomic E-state index is 0.00837. The summed E-state index contributed by atoms with van der Waals surface area (Å²) in [4.78, 5) is 0. The van der Waals surface area contributed by atoms with Gasteiger partial charge in [-0.2, -0.15) is 5.26 Å². The lowest BCUT2D eigenvalue weighted by Crippen LogP contribution is -2.04. The summed E-state index contributed by atoms with van der Waals surface area (Å²) in [5.74, 6) is 0. The van der Waals surface area contributed by atoms with E-state index >= 15 is 0 Å². The van der Waals surface area contributed by atoms with Gasteiger partial charge in [0.05, 0.1) is 5.56 Å². The Morgan fingerprint density at radius 1 is 1.58 bits per heavy atom. The normalized spacial score (nSPS) is 12.2. The third kappa shape index (κ3) is 1.84. The Kier molecular flexibility index (Phi) is 2.85. The zero-order valence-electron chi connectivity index (χ0n) is 6.71. The van der Waals surface area contributed by atoms with E-state index in [0.29, 0.717) is 5.56 Å². The Morgan fingerprint density at radius 3 is 2.67 bits per heavy atom. The number of halogens is 1. The lowest BCUT2D eigenvalue weighted by molar-refractivity contribution is 0.817. The molecule has 0 saturated heterocycles. The van der Waals surface area contributed by atoms with Crippen LogP contribution in [0.25, 0.3) is 0 Å². The summed E-state index contributed by atoms with van der Waals surface area (Å²) < 4.78 is 0.805. The SMILES string of the molecule is CC(N)c1ccc(C#N)c(Br)c1. The number of rotatable bonds is 1. The molecule has 0 heterocycles. The molecule has 0 amide bonds. The number of hydrogen-bond acceptors (Lipinski definition) is 2. The van der Waals surface area contributed by atoms with Crippen LogP contribution < -0.4 is 5.73 Å². The molecule has 1 atom stereocenters. The lowest BCUT2D eigenvalue weighted by atomic mass is 10.1. The van der Waals surface area contributed by atoms with Gasteiger partial charge in [0.15, 0.2) is 0 Å². The second kappa shape index (κ2) is 3.70. The molecular weight excluding hydrogens is 216 g/mol. The highest BCUT2D eigenvalue weighted by atomic mass is 79.9. The molecule has 0 saturated carbocycles. The van der Waals surface area contributed by atoms with Crippen molar-refractivity contribution in [1.29, 1.82) is 5.26 Å². The molecule has 1 unspecified atom stereocenters. The fourth-order valence-electron chi connectivity index (χ4n) is 0.905. The lowest BCUT2D eigenvalue weighted by Gasteiger charge is -2.05. The quantitative estimate of drug-likeness (QED) is 0.797. The second-order valence-electron chi connectivity index (χ2n) is 2.64. The van der Waals surface area contributed by atoms with Crippen LogP contribution in [-0.4, -0.2) is 0 Å². The van der Waals surface area contributed by atoms with Crippen molar-refractivity contribution in [3.8, 4) is 6.07 Å². The van der Waals surface area contributed by atoms with Gasteiger partial charge >= 0.3 is 0 Å². The molecule has 62 valence electrons. The van der Waals surface area contributed by atoms with Gasteiger partial charge in [-0.05, 0) is 40.5 Å². The van der Waals surface area contributed by atoms with Crippen LogP contribution in [-0.2, 0) is 0 Å². The van der Waals surface area contributed by atoms with E-state index in [4.69, 9.17) is 11.0 Å². The smallest absolute Gasteiger partial charge is 0.100 e. The first-order valence-corrected chi connectivity index (χ1v) is 4.39. The van der Waals surface area contributed by atoms with E-state index in [-0.39, 0.29) is 6.04 Å². The standard InChI is InChI=1S/C9H9BrN2/c1-6(12)7-2-3-8(5-11)9(10)4-7/h2-4,6H,12H2,1H3. The van der Waals surface area contributed by atoms with Crippen LogP contribution in [0.2, 0.25) is 0 Å². The zero-order chi connectivity index (χ0) is 9.14. The Bertz CT molecular complexity index is 326. The van der Waals surface area contributed by atoms with Crippen molar-refractivity contribution in [2.24, 2.45) is 5.73 Å². The van der Waals surface area contributed by atoms with Crippen molar-refractivity contribution in [3.63, 3.8) is 0 Å². The van der Waals surface area contributed by atoms with Crippen molar-refractivity contribution in [2.75, 3.05) is 0 Å². The van der Waals surface area contributed by atoms with Crippen LogP contribution in [0.4, 0.5) is 0 Å². The van der Waals surface area contributed by atoms with Gasteiger partial charge in [-0.1, -0.05) is 6.07 Å². The van der Waals surface area contributed by atoms with Crippen LogP contribution in [0.3, 0.4) is 0 Å². The maximum absolute atomic E-state index is 8.64. The number of hydrogen-bond donors (Lipinski definition) is 1. The fraction of sp³-hybridized carbons (Fsp3) is 0.222. The average Bonchev–Trinajstić information content (AvgIpc) is 2.04. The first kappa shape index (κ1) is 9.24. The third-order valence-electron chi connectivity index (χ3n) is 1.64. The van der Waals surface area contributed by atoms with E-state index in [1.165, 1.54) is 0 Å². The Hall–Kier alpha value is -0.850. The summed E-state index contributed by atoms with van der Waals surface area (Å²) >= 11 is 3.30. The minimum atomic E-state index is 0.00837. The van der Waals surface area contributed by atoms with Crippen LogP contribution >= 0.6 is 15.9 Å². The molecule has 0 fully saturated rings. The molecule has 0 aliphatic heterocycles. The highest BCUT2D eigenvalue weighted by Crippen LogP contribution is 2.20. The molecular formula is C9H9BrN2. The van der Waals surface area contributed by atoms with E-state index in [1.54, 1.807) is 6.07 Å². The predicted molar refractivity (Wildman–Crippen MR) is 51.5 cm³/mol. The van der Waals surface area contributed by atoms with Crippen LogP contribution in [0, 0.1) is 11.3 Å². The van der Waals surface area contributed by atoms with Crippen LogP contribution in [0.5, 0.6) is 0 Å². The van der Waals surface area contributed by atoms with E-state index in [2.05, 4.69) is 22.0 Å².